The van der Waals surface area contributed by atoms with E-state index in [0.29, 0.717) is 6.04 Å². The van der Waals surface area contributed by atoms with Gasteiger partial charge in [0, 0.05) is 25.3 Å². The van der Waals surface area contributed by atoms with Crippen LogP contribution in [0.2, 0.25) is 0 Å². The van der Waals surface area contributed by atoms with E-state index in [-0.39, 0.29) is 0 Å². The van der Waals surface area contributed by atoms with Crippen molar-refractivity contribution in [2.75, 3.05) is 11.9 Å². The molecule has 1 N–H and O–H groups in total. The van der Waals surface area contributed by atoms with Gasteiger partial charge in [-0.1, -0.05) is 32.0 Å². The summed E-state index contributed by atoms with van der Waals surface area (Å²) in [7, 11) is 2.01. The molecule has 20 heavy (non-hydrogen) atoms. The Balaban J connectivity index is 2.12. The molecule has 1 heterocycles. The highest BCUT2D eigenvalue weighted by Gasteiger charge is 2.08. The van der Waals surface area contributed by atoms with E-state index in [9.17, 15) is 0 Å². The molecule has 0 spiro atoms. The monoisotopic (exact) mass is 270 g/mol. The number of aromatic nitrogens is 2. The highest BCUT2D eigenvalue weighted by atomic mass is 15.3. The van der Waals surface area contributed by atoms with E-state index in [0.717, 1.165) is 23.7 Å². The number of rotatable bonds is 5. The zero-order valence-electron chi connectivity index (χ0n) is 12.6. The average molecular weight is 270 g/mol. The summed E-state index contributed by atoms with van der Waals surface area (Å²) in [6, 6.07) is 12.7. The fraction of sp³-hybridized carbons (Fsp3) is 0.375. The topological polar surface area (TPSA) is 41.0 Å². The molecular formula is C16H22N4. The molecule has 0 bridgehead atoms. The zero-order chi connectivity index (χ0) is 14.5. The van der Waals surface area contributed by atoms with Crippen molar-refractivity contribution in [1.82, 2.24) is 15.5 Å². The molecule has 4 heteroatoms. The number of aryl methyl sites for hydroxylation is 1. The number of anilines is 2. The Bertz CT molecular complexity index is 549. The van der Waals surface area contributed by atoms with E-state index < -0.39 is 0 Å². The maximum atomic E-state index is 4.31. The molecule has 0 aliphatic rings. The first-order chi connectivity index (χ1) is 9.58. The Labute approximate surface area is 120 Å². The summed E-state index contributed by atoms with van der Waals surface area (Å²) < 4.78 is 0. The average Bonchev–Trinajstić information content (AvgIpc) is 2.45. The van der Waals surface area contributed by atoms with E-state index in [1.807, 2.05) is 31.3 Å². The van der Waals surface area contributed by atoms with Crippen molar-refractivity contribution in [3.8, 4) is 0 Å². The van der Waals surface area contributed by atoms with Gasteiger partial charge in [-0.3, -0.25) is 0 Å². The lowest BCUT2D eigenvalue weighted by Crippen LogP contribution is -2.23. The van der Waals surface area contributed by atoms with Crippen LogP contribution in [0.25, 0.3) is 0 Å². The molecule has 0 saturated carbocycles. The Morgan fingerprint density at radius 1 is 1.10 bits per heavy atom. The molecule has 0 radical (unpaired) electrons. The minimum Gasteiger partial charge on any atom is -0.328 e. The van der Waals surface area contributed by atoms with Gasteiger partial charge in [-0.25, -0.2) is 0 Å². The van der Waals surface area contributed by atoms with Crippen LogP contribution in [0.5, 0.6) is 0 Å². The predicted molar refractivity (Wildman–Crippen MR) is 83.2 cm³/mol. The smallest absolute Gasteiger partial charge is 0.155 e. The molecule has 0 atom stereocenters. The normalized spacial score (nSPS) is 10.8. The van der Waals surface area contributed by atoms with Gasteiger partial charge in [-0.15, -0.1) is 5.10 Å². The highest BCUT2D eigenvalue weighted by Crippen LogP contribution is 2.24. The van der Waals surface area contributed by atoms with Crippen LogP contribution < -0.4 is 10.2 Å². The second-order valence-electron chi connectivity index (χ2n) is 5.26. The number of hydrogen-bond donors (Lipinski definition) is 1. The summed E-state index contributed by atoms with van der Waals surface area (Å²) in [5.74, 6) is 0.854. The van der Waals surface area contributed by atoms with Crippen LogP contribution in [0.1, 0.15) is 25.1 Å². The molecular weight excluding hydrogens is 248 g/mol. The van der Waals surface area contributed by atoms with Crippen molar-refractivity contribution in [3.63, 3.8) is 0 Å². The Kier molecular flexibility index (Phi) is 4.69. The highest BCUT2D eigenvalue weighted by molar-refractivity contribution is 5.62. The van der Waals surface area contributed by atoms with Crippen LogP contribution in [0, 0.1) is 6.92 Å². The van der Waals surface area contributed by atoms with Crippen LogP contribution in [-0.4, -0.2) is 23.3 Å². The first-order valence-corrected chi connectivity index (χ1v) is 6.93. The van der Waals surface area contributed by atoms with Gasteiger partial charge in [-0.2, -0.15) is 5.10 Å². The molecule has 0 fully saturated rings. The van der Waals surface area contributed by atoms with E-state index in [2.05, 4.69) is 53.3 Å². The van der Waals surface area contributed by atoms with E-state index in [1.165, 1.54) is 5.56 Å². The van der Waals surface area contributed by atoms with E-state index >= 15 is 0 Å². The van der Waals surface area contributed by atoms with Crippen molar-refractivity contribution in [1.29, 1.82) is 0 Å². The third-order valence-corrected chi connectivity index (χ3v) is 3.22. The van der Waals surface area contributed by atoms with Gasteiger partial charge in [0.2, 0.25) is 0 Å². The summed E-state index contributed by atoms with van der Waals surface area (Å²) in [5, 5.41) is 11.9. The third-order valence-electron chi connectivity index (χ3n) is 3.22. The number of nitrogens with zero attached hydrogens (tertiary/aromatic N) is 3. The Morgan fingerprint density at radius 3 is 2.45 bits per heavy atom. The lowest BCUT2D eigenvalue weighted by Gasteiger charge is -2.20. The lowest BCUT2D eigenvalue weighted by atomic mass is 10.2. The zero-order valence-corrected chi connectivity index (χ0v) is 12.6. The van der Waals surface area contributed by atoms with Crippen molar-refractivity contribution >= 4 is 11.5 Å². The van der Waals surface area contributed by atoms with Crippen molar-refractivity contribution in [2.45, 2.75) is 33.4 Å². The molecule has 0 saturated heterocycles. The molecule has 0 aliphatic carbocycles. The van der Waals surface area contributed by atoms with E-state index in [4.69, 9.17) is 0 Å². The molecule has 0 aliphatic heterocycles. The van der Waals surface area contributed by atoms with Gasteiger partial charge in [0.05, 0.1) is 5.69 Å². The predicted octanol–water partition coefficient (Wildman–Crippen LogP) is 3.05. The summed E-state index contributed by atoms with van der Waals surface area (Å²) in [6.07, 6.45) is 0. The molecule has 2 aromatic rings. The second-order valence-corrected chi connectivity index (χ2v) is 5.26. The van der Waals surface area contributed by atoms with Crippen LogP contribution in [-0.2, 0) is 6.54 Å². The quantitative estimate of drug-likeness (QED) is 0.906. The fourth-order valence-electron chi connectivity index (χ4n) is 2.00. The first kappa shape index (κ1) is 14.5. The lowest BCUT2D eigenvalue weighted by molar-refractivity contribution is 0.577. The molecule has 0 unspecified atom stereocenters. The van der Waals surface area contributed by atoms with Gasteiger partial charge < -0.3 is 10.2 Å². The first-order valence-electron chi connectivity index (χ1n) is 6.93. The Hall–Kier alpha value is -1.94. The molecule has 0 amide bonds. The molecule has 106 valence electrons. The largest absolute Gasteiger partial charge is 0.328 e. The molecule has 2 rings (SSSR count). The summed E-state index contributed by atoms with van der Waals surface area (Å²) in [6.45, 7) is 7.08. The summed E-state index contributed by atoms with van der Waals surface area (Å²) in [4.78, 5) is 2.06. The van der Waals surface area contributed by atoms with Gasteiger partial charge in [0.15, 0.2) is 5.82 Å². The minimum atomic E-state index is 0.450. The third kappa shape index (κ3) is 3.54. The van der Waals surface area contributed by atoms with Crippen LogP contribution >= 0.6 is 0 Å². The second kappa shape index (κ2) is 6.48. The number of benzene rings is 1. The minimum absolute atomic E-state index is 0.450. The van der Waals surface area contributed by atoms with Crippen molar-refractivity contribution < 1.29 is 0 Å². The van der Waals surface area contributed by atoms with E-state index in [1.54, 1.807) is 0 Å². The van der Waals surface area contributed by atoms with Crippen molar-refractivity contribution in [3.05, 3.63) is 47.7 Å². The number of nitrogens with one attached hydrogen (secondary N) is 1. The number of para-hydroxylation sites is 1. The maximum Gasteiger partial charge on any atom is 0.155 e. The molecule has 1 aromatic heterocycles. The van der Waals surface area contributed by atoms with Gasteiger partial charge in [0.1, 0.15) is 0 Å². The fourth-order valence-corrected chi connectivity index (χ4v) is 2.00. The molecule has 1 aromatic carbocycles. The summed E-state index contributed by atoms with van der Waals surface area (Å²) in [5.41, 5.74) is 3.33. The van der Waals surface area contributed by atoms with Crippen LogP contribution in [0.15, 0.2) is 36.4 Å². The van der Waals surface area contributed by atoms with Crippen molar-refractivity contribution in [2.24, 2.45) is 0 Å². The Morgan fingerprint density at radius 2 is 1.85 bits per heavy atom. The maximum absolute atomic E-state index is 4.31. The van der Waals surface area contributed by atoms with Crippen LogP contribution in [0.4, 0.5) is 11.5 Å². The van der Waals surface area contributed by atoms with Gasteiger partial charge in [0.25, 0.3) is 0 Å². The van der Waals surface area contributed by atoms with Gasteiger partial charge in [-0.05, 0) is 30.7 Å². The molecule has 4 nitrogen and oxygen atoms in total. The van der Waals surface area contributed by atoms with Crippen LogP contribution in [0.3, 0.4) is 0 Å². The number of hydrogen-bond acceptors (Lipinski definition) is 4. The van der Waals surface area contributed by atoms with Gasteiger partial charge >= 0.3 is 0 Å². The standard InChI is InChI=1S/C16H22N4/c1-12(2)17-11-14-9-10-16(19-18-14)20(4)15-8-6-5-7-13(15)3/h5-10,12,17H,11H2,1-4H3. The summed E-state index contributed by atoms with van der Waals surface area (Å²) >= 11 is 0. The SMILES string of the molecule is Cc1ccccc1N(C)c1ccc(CNC(C)C)nn1.